The molecule has 1 N–H and O–H groups in total. The van der Waals surface area contributed by atoms with Crippen molar-refractivity contribution in [2.45, 2.75) is 20.0 Å². The van der Waals surface area contributed by atoms with Crippen LogP contribution in [0.2, 0.25) is 5.02 Å². The summed E-state index contributed by atoms with van der Waals surface area (Å²) in [5.41, 5.74) is 1.16. The monoisotopic (exact) mass is 492 g/mol. The Morgan fingerprint density at radius 3 is 2.58 bits per heavy atom. The lowest BCUT2D eigenvalue weighted by Gasteiger charge is -2.22. The molecule has 1 heterocycles. The van der Waals surface area contributed by atoms with Gasteiger partial charge in [0.25, 0.3) is 0 Å². The molecule has 0 spiro atoms. The van der Waals surface area contributed by atoms with Crippen LogP contribution in [0.5, 0.6) is 0 Å². The Bertz CT molecular complexity index is 704. The Morgan fingerprint density at radius 1 is 1.31 bits per heavy atom. The summed E-state index contributed by atoms with van der Waals surface area (Å²) in [6, 6.07) is 7.81. The van der Waals surface area contributed by atoms with Gasteiger partial charge in [-0.2, -0.15) is 0 Å². The second-order valence-corrected chi connectivity index (χ2v) is 6.20. The van der Waals surface area contributed by atoms with Crippen molar-refractivity contribution in [3.8, 4) is 0 Å². The van der Waals surface area contributed by atoms with E-state index in [1.807, 2.05) is 49.9 Å². The van der Waals surface area contributed by atoms with E-state index in [2.05, 4.69) is 25.4 Å². The van der Waals surface area contributed by atoms with Crippen LogP contribution in [0.15, 0.2) is 29.3 Å². The molecule has 2 rings (SSSR count). The first-order valence-corrected chi connectivity index (χ1v) is 8.46. The molecule has 2 aromatic rings. The van der Waals surface area contributed by atoms with Crippen molar-refractivity contribution in [2.24, 2.45) is 12.0 Å². The number of rotatable bonds is 7. The lowest BCUT2D eigenvalue weighted by molar-refractivity contribution is 0.203. The van der Waals surface area contributed by atoms with Crippen LogP contribution in [0, 0.1) is 6.92 Å². The fourth-order valence-electron chi connectivity index (χ4n) is 2.25. The predicted octanol–water partition coefficient (Wildman–Crippen LogP) is 2.62. The smallest absolute Gasteiger partial charge is 0.194 e. The molecule has 0 bridgehead atoms. The van der Waals surface area contributed by atoms with E-state index in [0.717, 1.165) is 28.2 Å². The number of nitrogens with zero attached hydrogens (tertiary/aromatic N) is 5. The number of nitrogens with one attached hydrogen (secondary N) is 1. The topological polar surface area (TPSA) is 67.6 Å². The van der Waals surface area contributed by atoms with E-state index in [0.29, 0.717) is 26.2 Å². The maximum Gasteiger partial charge on any atom is 0.194 e. The van der Waals surface area contributed by atoms with E-state index in [4.69, 9.17) is 16.3 Å². The quantitative estimate of drug-likeness (QED) is 0.279. The summed E-state index contributed by atoms with van der Waals surface area (Å²) < 4.78 is 7.05. The normalized spacial score (nSPS) is 11.2. The summed E-state index contributed by atoms with van der Waals surface area (Å²) in [4.78, 5) is 6.74. The number of benzene rings is 1. The first-order valence-electron chi connectivity index (χ1n) is 8.09. The van der Waals surface area contributed by atoms with E-state index in [9.17, 15) is 0 Å². The van der Waals surface area contributed by atoms with Gasteiger partial charge in [0.05, 0.1) is 6.61 Å². The zero-order chi connectivity index (χ0) is 18.2. The van der Waals surface area contributed by atoms with Crippen LogP contribution in [-0.2, 0) is 24.9 Å². The Balaban J connectivity index is 0.00000338. The number of guanidine groups is 1. The molecule has 1 aromatic carbocycles. The third kappa shape index (κ3) is 6.73. The van der Waals surface area contributed by atoms with Crippen LogP contribution in [0.25, 0.3) is 0 Å². The average Bonchev–Trinajstić information content (AvgIpc) is 2.92. The number of ether oxygens (including phenoxy) is 1. The lowest BCUT2D eigenvalue weighted by atomic mass is 10.2. The number of hydrogen-bond acceptors (Lipinski definition) is 4. The average molecular weight is 493 g/mol. The lowest BCUT2D eigenvalue weighted by Crippen LogP contribution is -2.40. The molecule has 0 radical (unpaired) electrons. The Morgan fingerprint density at radius 2 is 2.00 bits per heavy atom. The van der Waals surface area contributed by atoms with Crippen LogP contribution in [0.1, 0.15) is 17.2 Å². The summed E-state index contributed by atoms with van der Waals surface area (Å²) in [7, 11) is 5.61. The van der Waals surface area contributed by atoms with Gasteiger partial charge < -0.3 is 19.5 Å². The SMILES string of the molecule is COCCNC(=NCc1nnc(C)n1C)N(C)Cc1ccc(Cl)cc1.I. The van der Waals surface area contributed by atoms with E-state index in [1.165, 1.54) is 0 Å². The number of aliphatic imine (C=N–C) groups is 1. The minimum absolute atomic E-state index is 0. The van der Waals surface area contributed by atoms with Crippen molar-refractivity contribution >= 4 is 41.5 Å². The maximum atomic E-state index is 5.95. The highest BCUT2D eigenvalue weighted by Crippen LogP contribution is 2.11. The molecule has 0 saturated heterocycles. The number of methoxy groups -OCH3 is 1. The zero-order valence-corrected chi connectivity index (χ0v) is 18.7. The fraction of sp³-hybridized carbons (Fsp3) is 0.471. The molecule has 0 atom stereocenters. The van der Waals surface area contributed by atoms with Gasteiger partial charge in [0, 0.05) is 39.3 Å². The molecule has 0 fully saturated rings. The van der Waals surface area contributed by atoms with Gasteiger partial charge in [-0.15, -0.1) is 34.2 Å². The molecule has 0 amide bonds. The third-order valence-electron chi connectivity index (χ3n) is 3.84. The first-order chi connectivity index (χ1) is 12.0. The van der Waals surface area contributed by atoms with Gasteiger partial charge in [-0.05, 0) is 24.6 Å². The van der Waals surface area contributed by atoms with Crippen molar-refractivity contribution in [1.82, 2.24) is 25.0 Å². The molecule has 144 valence electrons. The van der Waals surface area contributed by atoms with Crippen LogP contribution >= 0.6 is 35.6 Å². The number of halogens is 2. The molecule has 0 unspecified atom stereocenters. The minimum Gasteiger partial charge on any atom is -0.383 e. The summed E-state index contributed by atoms with van der Waals surface area (Å²) in [6.07, 6.45) is 0. The molecule has 7 nitrogen and oxygen atoms in total. The van der Waals surface area contributed by atoms with Crippen molar-refractivity contribution in [1.29, 1.82) is 0 Å². The Kier molecular flexibility index (Phi) is 9.89. The molecule has 0 aliphatic carbocycles. The van der Waals surface area contributed by atoms with E-state index in [1.54, 1.807) is 7.11 Å². The molecular weight excluding hydrogens is 467 g/mol. The Labute approximate surface area is 176 Å². The summed E-state index contributed by atoms with van der Waals surface area (Å²) in [5, 5.41) is 12.3. The van der Waals surface area contributed by atoms with Gasteiger partial charge in [-0.25, -0.2) is 4.99 Å². The van der Waals surface area contributed by atoms with E-state index >= 15 is 0 Å². The zero-order valence-electron chi connectivity index (χ0n) is 15.6. The van der Waals surface area contributed by atoms with Crippen molar-refractivity contribution in [3.63, 3.8) is 0 Å². The first kappa shape index (κ1) is 22.7. The standard InChI is InChI=1S/C17H25ClN6O.HI/c1-13-21-22-16(24(13)3)11-20-17(19-9-10-25-4)23(2)12-14-5-7-15(18)8-6-14;/h5-8H,9-12H2,1-4H3,(H,19,20);1H. The molecule has 0 aliphatic rings. The maximum absolute atomic E-state index is 5.95. The third-order valence-corrected chi connectivity index (χ3v) is 4.09. The second kappa shape index (κ2) is 11.3. The fourth-order valence-corrected chi connectivity index (χ4v) is 2.38. The highest BCUT2D eigenvalue weighted by atomic mass is 127. The van der Waals surface area contributed by atoms with Crippen molar-refractivity contribution < 1.29 is 4.74 Å². The molecular formula is C17H26ClIN6O. The van der Waals surface area contributed by atoms with Crippen molar-refractivity contribution in [2.75, 3.05) is 27.3 Å². The van der Waals surface area contributed by atoms with Crippen LogP contribution in [0.3, 0.4) is 0 Å². The number of aryl methyl sites for hydroxylation is 1. The molecule has 1 aromatic heterocycles. The van der Waals surface area contributed by atoms with Gasteiger partial charge in [0.1, 0.15) is 12.4 Å². The molecule has 26 heavy (non-hydrogen) atoms. The minimum atomic E-state index is 0. The summed E-state index contributed by atoms with van der Waals surface area (Å²) in [6.45, 7) is 4.38. The number of aromatic nitrogens is 3. The molecule has 9 heteroatoms. The van der Waals surface area contributed by atoms with E-state index in [-0.39, 0.29) is 24.0 Å². The van der Waals surface area contributed by atoms with E-state index < -0.39 is 0 Å². The molecule has 0 aliphatic heterocycles. The van der Waals surface area contributed by atoms with Gasteiger partial charge in [-0.3, -0.25) is 0 Å². The second-order valence-electron chi connectivity index (χ2n) is 5.76. The number of hydrogen-bond donors (Lipinski definition) is 1. The van der Waals surface area contributed by atoms with Crippen molar-refractivity contribution in [3.05, 3.63) is 46.5 Å². The predicted molar refractivity (Wildman–Crippen MR) is 115 cm³/mol. The summed E-state index contributed by atoms with van der Waals surface area (Å²) >= 11 is 5.95. The largest absolute Gasteiger partial charge is 0.383 e. The van der Waals surface area contributed by atoms with Crippen LogP contribution in [-0.4, -0.2) is 52.9 Å². The van der Waals surface area contributed by atoms with Crippen LogP contribution in [0.4, 0.5) is 0 Å². The van der Waals surface area contributed by atoms with Gasteiger partial charge in [0.15, 0.2) is 11.8 Å². The van der Waals surface area contributed by atoms with Gasteiger partial charge >= 0.3 is 0 Å². The molecule has 0 saturated carbocycles. The van der Waals surface area contributed by atoms with Gasteiger partial charge in [-0.1, -0.05) is 23.7 Å². The Hall–Kier alpha value is -1.39. The van der Waals surface area contributed by atoms with Gasteiger partial charge in [0.2, 0.25) is 0 Å². The highest BCUT2D eigenvalue weighted by Gasteiger charge is 2.09. The van der Waals surface area contributed by atoms with Crippen LogP contribution < -0.4 is 5.32 Å². The highest BCUT2D eigenvalue weighted by molar-refractivity contribution is 14.0. The summed E-state index contributed by atoms with van der Waals surface area (Å²) in [5.74, 6) is 2.48.